The summed E-state index contributed by atoms with van der Waals surface area (Å²) in [4.78, 5) is 0. The van der Waals surface area contributed by atoms with Gasteiger partial charge in [-0.25, -0.2) is 0 Å². The van der Waals surface area contributed by atoms with Crippen LogP contribution in [-0.2, 0) is 10.8 Å². The zero-order valence-electron chi connectivity index (χ0n) is 11.5. The van der Waals surface area contributed by atoms with Crippen molar-refractivity contribution < 1.29 is 4.21 Å². The molecule has 102 valence electrons. The first kappa shape index (κ1) is 15.4. The monoisotopic (exact) mass is 267 g/mol. The van der Waals surface area contributed by atoms with E-state index in [1.165, 1.54) is 24.8 Å². The number of unbranched alkanes of at least 4 members (excludes halogenated alkanes) is 1. The number of rotatable bonds is 9. The predicted octanol–water partition coefficient (Wildman–Crippen LogP) is 3.28. The number of nitrogens with one attached hydrogen (secondary N) is 1. The van der Waals surface area contributed by atoms with Crippen molar-refractivity contribution in [3.05, 3.63) is 35.9 Å². The SMILES string of the molecule is CCCCC(NCCCS(C)=O)c1ccccc1. The van der Waals surface area contributed by atoms with Crippen LogP contribution < -0.4 is 5.32 Å². The molecular weight excluding hydrogens is 242 g/mol. The van der Waals surface area contributed by atoms with Gasteiger partial charge in [-0.05, 0) is 24.9 Å². The van der Waals surface area contributed by atoms with Crippen molar-refractivity contribution in [1.82, 2.24) is 5.32 Å². The molecule has 0 aromatic heterocycles. The van der Waals surface area contributed by atoms with Crippen molar-refractivity contribution in [1.29, 1.82) is 0 Å². The number of hydrogen-bond donors (Lipinski definition) is 1. The fourth-order valence-electron chi connectivity index (χ4n) is 2.03. The third-order valence-electron chi connectivity index (χ3n) is 3.05. The molecule has 1 rings (SSSR count). The Balaban J connectivity index is 2.43. The third-order valence-corrected chi connectivity index (χ3v) is 3.91. The minimum absolute atomic E-state index is 0.441. The Morgan fingerprint density at radius 2 is 1.94 bits per heavy atom. The van der Waals surface area contributed by atoms with Gasteiger partial charge in [0.1, 0.15) is 0 Å². The Morgan fingerprint density at radius 1 is 1.22 bits per heavy atom. The average molecular weight is 267 g/mol. The molecule has 0 spiro atoms. The zero-order valence-corrected chi connectivity index (χ0v) is 12.3. The third kappa shape index (κ3) is 6.31. The van der Waals surface area contributed by atoms with Crippen molar-refractivity contribution in [2.24, 2.45) is 0 Å². The summed E-state index contributed by atoms with van der Waals surface area (Å²) in [7, 11) is -0.670. The Morgan fingerprint density at radius 3 is 2.56 bits per heavy atom. The first-order valence-electron chi connectivity index (χ1n) is 6.82. The van der Waals surface area contributed by atoms with Crippen LogP contribution in [0.15, 0.2) is 30.3 Å². The molecule has 0 saturated carbocycles. The molecule has 18 heavy (non-hydrogen) atoms. The number of benzene rings is 1. The Hall–Kier alpha value is -0.670. The van der Waals surface area contributed by atoms with E-state index in [9.17, 15) is 4.21 Å². The quantitative estimate of drug-likeness (QED) is 0.696. The van der Waals surface area contributed by atoms with Gasteiger partial charge in [-0.2, -0.15) is 0 Å². The maximum Gasteiger partial charge on any atom is 0.0320 e. The van der Waals surface area contributed by atoms with Crippen LogP contribution in [0.4, 0.5) is 0 Å². The summed E-state index contributed by atoms with van der Waals surface area (Å²) in [5.74, 6) is 0.794. The Kier molecular flexibility index (Phi) is 7.94. The lowest BCUT2D eigenvalue weighted by atomic mass is 10.0. The predicted molar refractivity (Wildman–Crippen MR) is 80.3 cm³/mol. The fourth-order valence-corrected chi connectivity index (χ4v) is 2.58. The summed E-state index contributed by atoms with van der Waals surface area (Å²) in [6.45, 7) is 3.17. The maximum absolute atomic E-state index is 11.0. The van der Waals surface area contributed by atoms with Crippen LogP contribution in [0.5, 0.6) is 0 Å². The van der Waals surface area contributed by atoms with E-state index in [4.69, 9.17) is 0 Å². The van der Waals surface area contributed by atoms with Crippen LogP contribution >= 0.6 is 0 Å². The molecule has 0 aliphatic heterocycles. The summed E-state index contributed by atoms with van der Waals surface area (Å²) in [6.07, 6.45) is 6.40. The minimum Gasteiger partial charge on any atom is -0.310 e. The molecule has 3 heteroatoms. The van der Waals surface area contributed by atoms with E-state index in [2.05, 4.69) is 42.6 Å². The maximum atomic E-state index is 11.0. The molecule has 2 nitrogen and oxygen atoms in total. The van der Waals surface area contributed by atoms with Crippen LogP contribution in [0.25, 0.3) is 0 Å². The minimum atomic E-state index is -0.670. The van der Waals surface area contributed by atoms with E-state index in [-0.39, 0.29) is 0 Å². The molecule has 0 bridgehead atoms. The number of hydrogen-bond acceptors (Lipinski definition) is 2. The van der Waals surface area contributed by atoms with Crippen molar-refractivity contribution in [3.8, 4) is 0 Å². The highest BCUT2D eigenvalue weighted by Gasteiger charge is 2.09. The Labute approximate surface area is 114 Å². The van der Waals surface area contributed by atoms with E-state index < -0.39 is 10.8 Å². The molecule has 1 N–H and O–H groups in total. The molecule has 0 aliphatic rings. The summed E-state index contributed by atoms with van der Waals surface area (Å²) < 4.78 is 11.0. The molecule has 0 aliphatic carbocycles. The molecule has 1 aromatic carbocycles. The van der Waals surface area contributed by atoms with E-state index in [0.717, 1.165) is 18.7 Å². The molecule has 0 fully saturated rings. The lowest BCUT2D eigenvalue weighted by Crippen LogP contribution is -2.23. The van der Waals surface area contributed by atoms with Crippen LogP contribution in [0.3, 0.4) is 0 Å². The lowest BCUT2D eigenvalue weighted by molar-refractivity contribution is 0.482. The zero-order chi connectivity index (χ0) is 13.2. The van der Waals surface area contributed by atoms with Gasteiger partial charge < -0.3 is 5.32 Å². The van der Waals surface area contributed by atoms with Crippen LogP contribution in [0.1, 0.15) is 44.2 Å². The van der Waals surface area contributed by atoms with Crippen LogP contribution in [0, 0.1) is 0 Å². The van der Waals surface area contributed by atoms with E-state index in [1.807, 2.05) is 0 Å². The molecule has 0 radical (unpaired) electrons. The average Bonchev–Trinajstić information content (AvgIpc) is 2.38. The van der Waals surface area contributed by atoms with Gasteiger partial charge in [-0.15, -0.1) is 0 Å². The molecular formula is C15H25NOS. The standard InChI is InChI=1S/C15H25NOS/c1-3-4-11-15(14-9-6-5-7-10-14)16-12-8-13-18(2)17/h5-7,9-10,15-16H,3-4,8,11-13H2,1-2H3. The van der Waals surface area contributed by atoms with E-state index in [1.54, 1.807) is 6.26 Å². The normalized spacial score (nSPS) is 14.3. The summed E-state index contributed by atoms with van der Waals surface area (Å²) in [6, 6.07) is 11.1. The molecule has 2 atom stereocenters. The van der Waals surface area contributed by atoms with Gasteiger partial charge in [0.05, 0.1) is 0 Å². The van der Waals surface area contributed by atoms with Gasteiger partial charge in [-0.3, -0.25) is 4.21 Å². The molecule has 0 amide bonds. The highest BCUT2D eigenvalue weighted by Crippen LogP contribution is 2.18. The van der Waals surface area contributed by atoms with Crippen LogP contribution in [0.2, 0.25) is 0 Å². The highest BCUT2D eigenvalue weighted by atomic mass is 32.2. The first-order chi connectivity index (χ1) is 8.74. The summed E-state index contributed by atoms with van der Waals surface area (Å²) in [5.41, 5.74) is 1.36. The van der Waals surface area contributed by atoms with Gasteiger partial charge in [0.15, 0.2) is 0 Å². The molecule has 1 aromatic rings. The van der Waals surface area contributed by atoms with Crippen LogP contribution in [-0.4, -0.2) is 22.8 Å². The van der Waals surface area contributed by atoms with E-state index in [0.29, 0.717) is 6.04 Å². The Bertz CT molecular complexity index is 340. The van der Waals surface area contributed by atoms with Gasteiger partial charge in [0.2, 0.25) is 0 Å². The largest absolute Gasteiger partial charge is 0.310 e. The summed E-state index contributed by atoms with van der Waals surface area (Å²) in [5, 5.41) is 3.59. The second-order valence-corrected chi connectivity index (χ2v) is 6.25. The smallest absolute Gasteiger partial charge is 0.0320 e. The molecule has 0 heterocycles. The molecule has 0 saturated heterocycles. The van der Waals surface area contributed by atoms with Crippen molar-refractivity contribution in [3.63, 3.8) is 0 Å². The summed E-state index contributed by atoms with van der Waals surface area (Å²) >= 11 is 0. The van der Waals surface area contributed by atoms with Gasteiger partial charge in [0.25, 0.3) is 0 Å². The highest BCUT2D eigenvalue weighted by molar-refractivity contribution is 7.84. The fraction of sp³-hybridized carbons (Fsp3) is 0.600. The van der Waals surface area contributed by atoms with E-state index >= 15 is 0 Å². The van der Waals surface area contributed by atoms with Crippen molar-refractivity contribution in [2.45, 2.75) is 38.6 Å². The van der Waals surface area contributed by atoms with Gasteiger partial charge in [0, 0.05) is 28.9 Å². The topological polar surface area (TPSA) is 29.1 Å². The first-order valence-corrected chi connectivity index (χ1v) is 8.55. The second kappa shape index (κ2) is 9.29. The second-order valence-electron chi connectivity index (χ2n) is 4.69. The lowest BCUT2D eigenvalue weighted by Gasteiger charge is -2.19. The van der Waals surface area contributed by atoms with Crippen molar-refractivity contribution in [2.75, 3.05) is 18.6 Å². The van der Waals surface area contributed by atoms with Crippen molar-refractivity contribution >= 4 is 10.8 Å². The molecule has 2 unspecified atom stereocenters. The van der Waals surface area contributed by atoms with Gasteiger partial charge >= 0.3 is 0 Å². The van der Waals surface area contributed by atoms with Gasteiger partial charge in [-0.1, -0.05) is 50.1 Å².